The third kappa shape index (κ3) is 2.58. The van der Waals surface area contributed by atoms with Gasteiger partial charge in [0.2, 0.25) is 0 Å². The van der Waals surface area contributed by atoms with Crippen LogP contribution in [0.1, 0.15) is 56.3 Å². The van der Waals surface area contributed by atoms with E-state index in [1.807, 2.05) is 30.3 Å². The van der Waals surface area contributed by atoms with Crippen LogP contribution < -0.4 is 0 Å². The highest BCUT2D eigenvalue weighted by Gasteiger charge is 2.32. The fourth-order valence-corrected chi connectivity index (χ4v) is 3.03. The highest BCUT2D eigenvalue weighted by atomic mass is 16.2. The summed E-state index contributed by atoms with van der Waals surface area (Å²) >= 11 is 0. The molecule has 0 aliphatic carbocycles. The second kappa shape index (κ2) is 6.03. The largest absolute Gasteiger partial charge is 0.333 e. The van der Waals surface area contributed by atoms with Gasteiger partial charge >= 0.3 is 0 Å². The molecule has 1 saturated heterocycles. The van der Waals surface area contributed by atoms with Crippen molar-refractivity contribution in [3.63, 3.8) is 0 Å². The fraction of sp³-hybridized carbons (Fsp3) is 0.562. The van der Waals surface area contributed by atoms with Crippen molar-refractivity contribution in [3.8, 4) is 0 Å². The second-order valence-electron chi connectivity index (χ2n) is 5.13. The van der Waals surface area contributed by atoms with Gasteiger partial charge in [0.15, 0.2) is 0 Å². The Labute approximate surface area is 110 Å². The molecular formula is C16H23NO. The van der Waals surface area contributed by atoms with Crippen molar-refractivity contribution in [1.82, 2.24) is 4.90 Å². The van der Waals surface area contributed by atoms with Gasteiger partial charge in [0.25, 0.3) is 5.91 Å². The minimum Gasteiger partial charge on any atom is -0.333 e. The zero-order valence-corrected chi connectivity index (χ0v) is 11.4. The number of rotatable bonds is 3. The Bertz CT molecular complexity index is 375. The molecule has 2 nitrogen and oxygen atoms in total. The topological polar surface area (TPSA) is 20.3 Å². The summed E-state index contributed by atoms with van der Waals surface area (Å²) in [4.78, 5) is 14.8. The van der Waals surface area contributed by atoms with Crippen molar-refractivity contribution in [3.05, 3.63) is 35.9 Å². The summed E-state index contributed by atoms with van der Waals surface area (Å²) in [6.45, 7) is 4.38. The number of hydrogen-bond donors (Lipinski definition) is 0. The molecule has 0 aromatic heterocycles. The molecule has 2 atom stereocenters. The molecule has 0 spiro atoms. The van der Waals surface area contributed by atoms with Crippen molar-refractivity contribution in [1.29, 1.82) is 0 Å². The van der Waals surface area contributed by atoms with Gasteiger partial charge in [-0.3, -0.25) is 4.79 Å². The van der Waals surface area contributed by atoms with E-state index >= 15 is 0 Å². The monoisotopic (exact) mass is 245 g/mol. The highest BCUT2D eigenvalue weighted by molar-refractivity contribution is 5.94. The van der Waals surface area contributed by atoms with Crippen LogP contribution in [0.15, 0.2) is 30.3 Å². The van der Waals surface area contributed by atoms with E-state index in [9.17, 15) is 4.79 Å². The van der Waals surface area contributed by atoms with Crippen molar-refractivity contribution < 1.29 is 4.79 Å². The molecule has 1 aliphatic rings. The molecule has 1 aliphatic heterocycles. The number of nitrogens with zero attached hydrogens (tertiary/aromatic N) is 1. The molecule has 0 N–H and O–H groups in total. The van der Waals surface area contributed by atoms with Crippen LogP contribution in [0.5, 0.6) is 0 Å². The van der Waals surface area contributed by atoms with E-state index in [1.54, 1.807) is 0 Å². The smallest absolute Gasteiger partial charge is 0.254 e. The number of likely N-dealkylation sites (tertiary alicyclic amines) is 1. The lowest BCUT2D eigenvalue weighted by Crippen LogP contribution is -2.49. The van der Waals surface area contributed by atoms with Gasteiger partial charge in [0, 0.05) is 17.6 Å². The van der Waals surface area contributed by atoms with Crippen molar-refractivity contribution in [2.75, 3.05) is 0 Å². The Balaban J connectivity index is 2.24. The van der Waals surface area contributed by atoms with Gasteiger partial charge in [0.05, 0.1) is 0 Å². The number of hydrogen-bond acceptors (Lipinski definition) is 1. The van der Waals surface area contributed by atoms with Crippen LogP contribution in [0.25, 0.3) is 0 Å². The van der Waals surface area contributed by atoms with Gasteiger partial charge in [-0.1, -0.05) is 32.0 Å². The quantitative estimate of drug-likeness (QED) is 0.791. The van der Waals surface area contributed by atoms with Crippen molar-refractivity contribution >= 4 is 5.91 Å². The van der Waals surface area contributed by atoms with E-state index in [0.29, 0.717) is 12.1 Å². The van der Waals surface area contributed by atoms with Crippen LogP contribution >= 0.6 is 0 Å². The summed E-state index contributed by atoms with van der Waals surface area (Å²) in [5, 5.41) is 0. The predicted octanol–water partition coefficient (Wildman–Crippen LogP) is 3.87. The third-order valence-corrected chi connectivity index (χ3v) is 4.06. The minimum atomic E-state index is 0.217. The second-order valence-corrected chi connectivity index (χ2v) is 5.13. The Morgan fingerprint density at radius 1 is 1.11 bits per heavy atom. The van der Waals surface area contributed by atoms with Gasteiger partial charge in [-0.25, -0.2) is 0 Å². The summed E-state index contributed by atoms with van der Waals surface area (Å²) in [6, 6.07) is 10.6. The SMILES string of the molecule is CCC1CCCC(CC)N1C(=O)c1ccccc1. The standard InChI is InChI=1S/C16H23NO/c1-3-14-11-8-12-15(4-2)17(14)16(18)13-9-6-5-7-10-13/h5-7,9-10,14-15H,3-4,8,11-12H2,1-2H3. The summed E-state index contributed by atoms with van der Waals surface area (Å²) in [6.07, 6.45) is 5.71. The molecule has 1 aromatic carbocycles. The van der Waals surface area contributed by atoms with E-state index in [0.717, 1.165) is 31.2 Å². The normalized spacial score (nSPS) is 24.0. The number of carbonyl (C=O) groups excluding carboxylic acids is 1. The zero-order valence-electron chi connectivity index (χ0n) is 11.4. The molecule has 18 heavy (non-hydrogen) atoms. The molecule has 1 heterocycles. The molecule has 2 unspecified atom stereocenters. The zero-order chi connectivity index (χ0) is 13.0. The van der Waals surface area contributed by atoms with Crippen LogP contribution in [0.4, 0.5) is 0 Å². The van der Waals surface area contributed by atoms with Crippen LogP contribution in [0.3, 0.4) is 0 Å². The highest BCUT2D eigenvalue weighted by Crippen LogP contribution is 2.28. The van der Waals surface area contributed by atoms with E-state index in [-0.39, 0.29) is 5.91 Å². The molecule has 0 saturated carbocycles. The summed E-state index contributed by atoms with van der Waals surface area (Å²) in [5.41, 5.74) is 0.830. The first-order valence-electron chi connectivity index (χ1n) is 7.15. The van der Waals surface area contributed by atoms with Gasteiger partial charge in [0.1, 0.15) is 0 Å². The Morgan fingerprint density at radius 3 is 2.17 bits per heavy atom. The Morgan fingerprint density at radius 2 is 1.67 bits per heavy atom. The lowest BCUT2D eigenvalue weighted by molar-refractivity contribution is 0.0433. The Hall–Kier alpha value is -1.31. The molecule has 98 valence electrons. The maximum absolute atomic E-state index is 12.7. The average Bonchev–Trinajstić information content (AvgIpc) is 2.46. The predicted molar refractivity (Wildman–Crippen MR) is 74.6 cm³/mol. The van der Waals surface area contributed by atoms with Crippen LogP contribution in [0.2, 0.25) is 0 Å². The van der Waals surface area contributed by atoms with E-state index in [2.05, 4.69) is 18.7 Å². The number of benzene rings is 1. The molecule has 1 aromatic rings. The summed E-state index contributed by atoms with van der Waals surface area (Å²) < 4.78 is 0. The van der Waals surface area contributed by atoms with Crippen LogP contribution in [-0.4, -0.2) is 22.9 Å². The maximum atomic E-state index is 12.7. The fourth-order valence-electron chi connectivity index (χ4n) is 3.03. The first-order chi connectivity index (χ1) is 8.77. The van der Waals surface area contributed by atoms with Gasteiger partial charge < -0.3 is 4.90 Å². The minimum absolute atomic E-state index is 0.217. The molecule has 1 fully saturated rings. The van der Waals surface area contributed by atoms with E-state index in [1.165, 1.54) is 6.42 Å². The molecule has 0 radical (unpaired) electrons. The maximum Gasteiger partial charge on any atom is 0.254 e. The van der Waals surface area contributed by atoms with E-state index < -0.39 is 0 Å². The molecule has 0 bridgehead atoms. The van der Waals surface area contributed by atoms with Gasteiger partial charge in [-0.15, -0.1) is 0 Å². The molecule has 2 rings (SSSR count). The van der Waals surface area contributed by atoms with Crippen molar-refractivity contribution in [2.45, 2.75) is 58.0 Å². The molecule has 1 amide bonds. The third-order valence-electron chi connectivity index (χ3n) is 4.06. The first kappa shape index (κ1) is 13.1. The average molecular weight is 245 g/mol. The number of carbonyl (C=O) groups is 1. The summed E-state index contributed by atoms with van der Waals surface area (Å²) in [7, 11) is 0. The van der Waals surface area contributed by atoms with Gasteiger partial charge in [-0.2, -0.15) is 0 Å². The molecule has 2 heteroatoms. The lowest BCUT2D eigenvalue weighted by atomic mass is 9.91. The molecular weight excluding hydrogens is 222 g/mol. The van der Waals surface area contributed by atoms with Crippen molar-refractivity contribution in [2.24, 2.45) is 0 Å². The summed E-state index contributed by atoms with van der Waals surface area (Å²) in [5.74, 6) is 0.217. The number of piperidine rings is 1. The van der Waals surface area contributed by atoms with Crippen LogP contribution in [0, 0.1) is 0 Å². The number of amides is 1. The first-order valence-corrected chi connectivity index (χ1v) is 7.15. The van der Waals surface area contributed by atoms with E-state index in [4.69, 9.17) is 0 Å². The van der Waals surface area contributed by atoms with Gasteiger partial charge in [-0.05, 0) is 44.2 Å². The Kier molecular flexibility index (Phi) is 4.40. The lowest BCUT2D eigenvalue weighted by Gasteiger charge is -2.42. The van der Waals surface area contributed by atoms with Crippen LogP contribution in [-0.2, 0) is 0 Å².